The van der Waals surface area contributed by atoms with E-state index in [9.17, 15) is 9.90 Å². The van der Waals surface area contributed by atoms with Gasteiger partial charge in [0.25, 0.3) is 0 Å². The molecule has 3 N–H and O–H groups in total. The Morgan fingerprint density at radius 1 is 1.61 bits per heavy atom. The third kappa shape index (κ3) is 3.11. The average Bonchev–Trinajstić information content (AvgIpc) is 2.33. The summed E-state index contributed by atoms with van der Waals surface area (Å²) in [6, 6.07) is 3.12. The zero-order valence-corrected chi connectivity index (χ0v) is 11.1. The van der Waals surface area contributed by atoms with Gasteiger partial charge in [0.2, 0.25) is 5.91 Å². The lowest BCUT2D eigenvalue weighted by atomic mass is 9.82. The predicted octanol–water partition coefficient (Wildman–Crippen LogP) is 1.54. The van der Waals surface area contributed by atoms with Gasteiger partial charge in [-0.15, -0.1) is 12.4 Å². The quantitative estimate of drug-likeness (QED) is 0.763. The summed E-state index contributed by atoms with van der Waals surface area (Å²) in [4.78, 5) is 16.1. The smallest absolute Gasteiger partial charge is 0.232 e. The molecule has 1 aromatic rings. The van der Waals surface area contributed by atoms with E-state index in [4.69, 9.17) is 0 Å². The fourth-order valence-corrected chi connectivity index (χ4v) is 2.00. The van der Waals surface area contributed by atoms with Crippen molar-refractivity contribution in [2.24, 2.45) is 5.41 Å². The Hall–Kier alpha value is -1.33. The summed E-state index contributed by atoms with van der Waals surface area (Å²) in [5.74, 6) is 0.121. The molecule has 1 aromatic heterocycles. The van der Waals surface area contributed by atoms with Crippen LogP contribution < -0.4 is 10.6 Å². The van der Waals surface area contributed by atoms with Crippen LogP contribution in [0.2, 0.25) is 0 Å². The van der Waals surface area contributed by atoms with Gasteiger partial charge < -0.3 is 15.7 Å². The van der Waals surface area contributed by atoms with E-state index in [2.05, 4.69) is 15.6 Å². The van der Waals surface area contributed by atoms with Gasteiger partial charge in [-0.3, -0.25) is 4.79 Å². The molecule has 1 amide bonds. The van der Waals surface area contributed by atoms with E-state index in [0.29, 0.717) is 6.54 Å². The van der Waals surface area contributed by atoms with E-state index in [0.717, 1.165) is 19.4 Å². The molecular weight excluding hydrogens is 254 g/mol. The van der Waals surface area contributed by atoms with E-state index in [1.54, 1.807) is 6.07 Å². The molecule has 6 heteroatoms. The molecule has 1 saturated heterocycles. The Kier molecular flexibility index (Phi) is 4.93. The number of anilines is 1. The zero-order valence-electron chi connectivity index (χ0n) is 10.3. The second kappa shape index (κ2) is 6.02. The Labute approximate surface area is 112 Å². The molecule has 1 aliphatic heterocycles. The molecule has 1 aliphatic rings. The van der Waals surface area contributed by atoms with Gasteiger partial charge in [-0.2, -0.15) is 0 Å². The normalized spacial score (nSPS) is 22.9. The highest BCUT2D eigenvalue weighted by molar-refractivity contribution is 5.95. The number of hydrogen-bond acceptors (Lipinski definition) is 4. The number of pyridine rings is 1. The second-order valence-electron chi connectivity index (χ2n) is 4.67. The van der Waals surface area contributed by atoms with E-state index >= 15 is 0 Å². The first-order valence-electron chi connectivity index (χ1n) is 5.78. The molecule has 0 radical (unpaired) electrons. The van der Waals surface area contributed by atoms with Crippen LogP contribution in [-0.4, -0.2) is 29.1 Å². The highest BCUT2D eigenvalue weighted by Gasteiger charge is 2.35. The van der Waals surface area contributed by atoms with Crippen LogP contribution >= 0.6 is 12.4 Å². The number of piperidine rings is 1. The summed E-state index contributed by atoms with van der Waals surface area (Å²) in [6.07, 6.45) is 3.37. The number of rotatable bonds is 2. The molecule has 1 fully saturated rings. The van der Waals surface area contributed by atoms with Crippen LogP contribution in [0.4, 0.5) is 5.82 Å². The minimum Gasteiger partial charge on any atom is -0.504 e. The maximum Gasteiger partial charge on any atom is 0.232 e. The summed E-state index contributed by atoms with van der Waals surface area (Å²) in [7, 11) is 0. The SMILES string of the molecule is CC1(C(=O)Nc2ncccc2O)CCCNC1.Cl. The van der Waals surface area contributed by atoms with Crippen LogP contribution in [0.1, 0.15) is 19.8 Å². The molecule has 0 spiro atoms. The van der Waals surface area contributed by atoms with Gasteiger partial charge >= 0.3 is 0 Å². The molecule has 100 valence electrons. The van der Waals surface area contributed by atoms with E-state index in [-0.39, 0.29) is 29.9 Å². The molecule has 2 heterocycles. The summed E-state index contributed by atoms with van der Waals surface area (Å²) in [6.45, 7) is 3.54. The first-order valence-corrected chi connectivity index (χ1v) is 5.78. The number of aromatic nitrogens is 1. The fraction of sp³-hybridized carbons (Fsp3) is 0.500. The third-order valence-electron chi connectivity index (χ3n) is 3.16. The number of halogens is 1. The Morgan fingerprint density at radius 2 is 2.39 bits per heavy atom. The number of amides is 1. The van der Waals surface area contributed by atoms with E-state index < -0.39 is 5.41 Å². The van der Waals surface area contributed by atoms with Crippen molar-refractivity contribution in [1.29, 1.82) is 0 Å². The lowest BCUT2D eigenvalue weighted by Crippen LogP contribution is -2.46. The zero-order chi connectivity index (χ0) is 12.3. The molecule has 0 aromatic carbocycles. The minimum absolute atomic E-state index is 0. The Bertz CT molecular complexity index is 420. The predicted molar refractivity (Wildman–Crippen MR) is 72.0 cm³/mol. The van der Waals surface area contributed by atoms with Gasteiger partial charge in [0, 0.05) is 12.7 Å². The van der Waals surface area contributed by atoms with Gasteiger partial charge in [0.1, 0.15) is 0 Å². The summed E-state index contributed by atoms with van der Waals surface area (Å²) in [5, 5.41) is 15.4. The van der Waals surface area contributed by atoms with Crippen LogP contribution in [0.5, 0.6) is 5.75 Å². The maximum atomic E-state index is 12.1. The number of nitrogens with one attached hydrogen (secondary N) is 2. The lowest BCUT2D eigenvalue weighted by molar-refractivity contribution is -0.125. The van der Waals surface area contributed by atoms with Crippen molar-refractivity contribution in [3.05, 3.63) is 18.3 Å². The van der Waals surface area contributed by atoms with Crippen molar-refractivity contribution in [1.82, 2.24) is 10.3 Å². The van der Waals surface area contributed by atoms with Gasteiger partial charge in [-0.05, 0) is 38.4 Å². The van der Waals surface area contributed by atoms with Gasteiger partial charge in [0.15, 0.2) is 11.6 Å². The van der Waals surface area contributed by atoms with Crippen LogP contribution in [0.3, 0.4) is 0 Å². The van der Waals surface area contributed by atoms with Crippen LogP contribution in [0, 0.1) is 5.41 Å². The molecule has 1 atom stereocenters. The molecule has 5 nitrogen and oxygen atoms in total. The number of carbonyl (C=O) groups is 1. The van der Waals surface area contributed by atoms with Gasteiger partial charge in [-0.25, -0.2) is 4.98 Å². The largest absolute Gasteiger partial charge is 0.504 e. The topological polar surface area (TPSA) is 74.2 Å². The third-order valence-corrected chi connectivity index (χ3v) is 3.16. The van der Waals surface area contributed by atoms with Crippen molar-refractivity contribution < 1.29 is 9.90 Å². The Balaban J connectivity index is 0.00000162. The van der Waals surface area contributed by atoms with Crippen LogP contribution in [-0.2, 0) is 4.79 Å². The highest BCUT2D eigenvalue weighted by atomic mass is 35.5. The average molecular weight is 272 g/mol. The highest BCUT2D eigenvalue weighted by Crippen LogP contribution is 2.28. The van der Waals surface area contributed by atoms with E-state index in [1.165, 1.54) is 12.3 Å². The van der Waals surface area contributed by atoms with Crippen molar-refractivity contribution in [3.8, 4) is 5.75 Å². The number of carbonyl (C=O) groups excluding carboxylic acids is 1. The first-order chi connectivity index (χ1) is 8.12. The summed E-state index contributed by atoms with van der Waals surface area (Å²) < 4.78 is 0. The first kappa shape index (κ1) is 14.7. The number of nitrogens with zero attached hydrogens (tertiary/aromatic N) is 1. The number of aromatic hydroxyl groups is 1. The molecule has 0 saturated carbocycles. The van der Waals surface area contributed by atoms with Gasteiger partial charge in [-0.1, -0.05) is 0 Å². The monoisotopic (exact) mass is 271 g/mol. The molecular formula is C12H18ClN3O2. The standard InChI is InChI=1S/C12H17N3O2.ClH/c1-12(5-3-6-13-8-12)11(17)15-10-9(16)4-2-7-14-10;/h2,4,7,13,16H,3,5-6,8H2,1H3,(H,14,15,17);1H. The second-order valence-corrected chi connectivity index (χ2v) is 4.67. The van der Waals surface area contributed by atoms with Crippen molar-refractivity contribution >= 4 is 24.1 Å². The number of hydrogen-bond donors (Lipinski definition) is 3. The van der Waals surface area contributed by atoms with Crippen LogP contribution in [0.15, 0.2) is 18.3 Å². The molecule has 18 heavy (non-hydrogen) atoms. The Morgan fingerprint density at radius 3 is 3.00 bits per heavy atom. The summed E-state index contributed by atoms with van der Waals surface area (Å²) in [5.41, 5.74) is -0.428. The maximum absolute atomic E-state index is 12.1. The molecule has 1 unspecified atom stereocenters. The van der Waals surface area contributed by atoms with Crippen molar-refractivity contribution in [2.45, 2.75) is 19.8 Å². The molecule has 2 rings (SSSR count). The van der Waals surface area contributed by atoms with E-state index in [1.807, 2.05) is 6.92 Å². The van der Waals surface area contributed by atoms with Crippen molar-refractivity contribution in [3.63, 3.8) is 0 Å². The van der Waals surface area contributed by atoms with Crippen LogP contribution in [0.25, 0.3) is 0 Å². The minimum atomic E-state index is -0.428. The fourth-order valence-electron chi connectivity index (χ4n) is 2.00. The summed E-state index contributed by atoms with van der Waals surface area (Å²) >= 11 is 0. The molecule has 0 aliphatic carbocycles. The van der Waals surface area contributed by atoms with Crippen molar-refractivity contribution in [2.75, 3.05) is 18.4 Å². The lowest BCUT2D eigenvalue weighted by Gasteiger charge is -2.32. The molecule has 0 bridgehead atoms. The van der Waals surface area contributed by atoms with Gasteiger partial charge in [0.05, 0.1) is 5.41 Å².